The topological polar surface area (TPSA) is 89.5 Å². The van der Waals surface area contributed by atoms with Gasteiger partial charge in [-0.05, 0) is 38.1 Å². The maximum atomic E-state index is 9.75. The van der Waals surface area contributed by atoms with Crippen LogP contribution in [0.5, 0.6) is 6.01 Å². The quantitative estimate of drug-likeness (QED) is 0.542. The van der Waals surface area contributed by atoms with Crippen molar-refractivity contribution in [3.63, 3.8) is 0 Å². The minimum atomic E-state index is -0.809. The van der Waals surface area contributed by atoms with Crippen LogP contribution in [0.15, 0.2) is 55.1 Å². The summed E-state index contributed by atoms with van der Waals surface area (Å²) in [6.45, 7) is 3.71. The first-order valence-corrected chi connectivity index (χ1v) is 8.74. The average Bonchev–Trinajstić information content (AvgIpc) is 3.14. The van der Waals surface area contributed by atoms with Gasteiger partial charge >= 0.3 is 6.01 Å². The molecule has 0 saturated carbocycles. The van der Waals surface area contributed by atoms with Crippen LogP contribution < -0.4 is 4.74 Å². The van der Waals surface area contributed by atoms with Gasteiger partial charge in [-0.15, -0.1) is 0 Å². The van der Waals surface area contributed by atoms with E-state index in [-0.39, 0.29) is 0 Å². The normalized spacial score (nSPS) is 11.4. The first-order chi connectivity index (χ1) is 13.5. The standard InChI is InChI=1S/C21H18N6O/c1-21(2,13-22)27-18(16-11-25-20(28-3)26-12-16)9-14-8-15(10-24-19(14)27)17-6-4-5-7-23-17/h4-12H,1-3H3. The zero-order valence-electron chi connectivity index (χ0n) is 15.8. The van der Waals surface area contributed by atoms with Gasteiger partial charge in [0.25, 0.3) is 0 Å². The number of nitriles is 1. The predicted octanol–water partition coefficient (Wildman–Crippen LogP) is 3.82. The minimum Gasteiger partial charge on any atom is -0.467 e. The first kappa shape index (κ1) is 17.6. The number of fused-ring (bicyclic) bond motifs is 1. The highest BCUT2D eigenvalue weighted by atomic mass is 16.5. The van der Waals surface area contributed by atoms with E-state index in [0.717, 1.165) is 33.5 Å². The van der Waals surface area contributed by atoms with E-state index < -0.39 is 5.54 Å². The smallest absolute Gasteiger partial charge is 0.316 e. The largest absolute Gasteiger partial charge is 0.467 e. The lowest BCUT2D eigenvalue weighted by Crippen LogP contribution is -2.25. The number of ether oxygens (including phenoxy) is 1. The van der Waals surface area contributed by atoms with Crippen LogP contribution >= 0.6 is 0 Å². The summed E-state index contributed by atoms with van der Waals surface area (Å²) < 4.78 is 6.96. The maximum absolute atomic E-state index is 9.75. The van der Waals surface area contributed by atoms with Crippen LogP contribution in [0.25, 0.3) is 33.5 Å². The zero-order valence-corrected chi connectivity index (χ0v) is 15.8. The highest BCUT2D eigenvalue weighted by Gasteiger charge is 2.26. The zero-order chi connectivity index (χ0) is 19.7. The lowest BCUT2D eigenvalue weighted by atomic mass is 10.1. The number of aromatic nitrogens is 5. The van der Waals surface area contributed by atoms with E-state index in [2.05, 4.69) is 26.0 Å². The van der Waals surface area contributed by atoms with E-state index >= 15 is 0 Å². The molecule has 0 aliphatic carbocycles. The average molecular weight is 370 g/mol. The Kier molecular flexibility index (Phi) is 4.24. The summed E-state index contributed by atoms with van der Waals surface area (Å²) in [4.78, 5) is 17.4. The molecule has 4 heterocycles. The van der Waals surface area contributed by atoms with Crippen LogP contribution in [0.3, 0.4) is 0 Å². The van der Waals surface area contributed by atoms with Crippen LogP contribution in [0.4, 0.5) is 0 Å². The second-order valence-electron chi connectivity index (χ2n) is 6.85. The first-order valence-electron chi connectivity index (χ1n) is 8.74. The molecule has 0 spiro atoms. The van der Waals surface area contributed by atoms with Gasteiger partial charge in [0.1, 0.15) is 11.2 Å². The second kappa shape index (κ2) is 6.74. The molecule has 138 valence electrons. The molecule has 0 saturated heterocycles. The van der Waals surface area contributed by atoms with E-state index in [0.29, 0.717) is 6.01 Å². The molecule has 0 N–H and O–H groups in total. The number of pyridine rings is 2. The molecule has 7 nitrogen and oxygen atoms in total. The lowest BCUT2D eigenvalue weighted by molar-refractivity contribution is 0.380. The fourth-order valence-corrected chi connectivity index (χ4v) is 3.15. The van der Waals surface area contributed by atoms with E-state index in [1.807, 2.05) is 48.7 Å². The number of methoxy groups -OCH3 is 1. The van der Waals surface area contributed by atoms with Crippen molar-refractivity contribution in [3.05, 3.63) is 55.1 Å². The summed E-state index contributed by atoms with van der Waals surface area (Å²) in [7, 11) is 1.52. The number of rotatable bonds is 4. The molecular weight excluding hydrogens is 352 g/mol. The van der Waals surface area contributed by atoms with E-state index in [4.69, 9.17) is 4.74 Å². The molecule has 0 aromatic carbocycles. The van der Waals surface area contributed by atoms with Gasteiger partial charge in [-0.3, -0.25) is 4.98 Å². The summed E-state index contributed by atoms with van der Waals surface area (Å²) in [5.41, 5.74) is 3.26. The van der Waals surface area contributed by atoms with Crippen molar-refractivity contribution in [2.24, 2.45) is 0 Å². The van der Waals surface area contributed by atoms with Crippen LogP contribution in [0.1, 0.15) is 13.8 Å². The highest BCUT2D eigenvalue weighted by Crippen LogP contribution is 2.34. The Morgan fingerprint density at radius 3 is 2.39 bits per heavy atom. The molecule has 4 rings (SSSR count). The molecule has 0 radical (unpaired) electrons. The molecule has 0 aliphatic heterocycles. The molecule has 0 unspecified atom stereocenters. The third-order valence-corrected chi connectivity index (χ3v) is 4.54. The Balaban J connectivity index is 1.95. The monoisotopic (exact) mass is 370 g/mol. The fourth-order valence-electron chi connectivity index (χ4n) is 3.15. The summed E-state index contributed by atoms with van der Waals surface area (Å²) in [5, 5.41) is 10.7. The van der Waals surface area contributed by atoms with Gasteiger partial charge in [-0.25, -0.2) is 15.0 Å². The molecule has 7 heteroatoms. The van der Waals surface area contributed by atoms with Crippen molar-refractivity contribution in [1.82, 2.24) is 24.5 Å². The van der Waals surface area contributed by atoms with Crippen molar-refractivity contribution in [1.29, 1.82) is 5.26 Å². The van der Waals surface area contributed by atoms with Crippen LogP contribution in [-0.4, -0.2) is 31.6 Å². The van der Waals surface area contributed by atoms with E-state index in [9.17, 15) is 5.26 Å². The van der Waals surface area contributed by atoms with Crippen molar-refractivity contribution in [2.75, 3.05) is 7.11 Å². The third-order valence-electron chi connectivity index (χ3n) is 4.54. The highest BCUT2D eigenvalue weighted by molar-refractivity contribution is 5.87. The number of hydrogen-bond acceptors (Lipinski definition) is 6. The van der Waals surface area contributed by atoms with Crippen LogP contribution in [0, 0.1) is 11.3 Å². The molecule has 4 aromatic rings. The summed E-state index contributed by atoms with van der Waals surface area (Å²) >= 11 is 0. The predicted molar refractivity (Wildman–Crippen MR) is 105 cm³/mol. The van der Waals surface area contributed by atoms with Gasteiger partial charge in [-0.2, -0.15) is 5.26 Å². The summed E-state index contributed by atoms with van der Waals surface area (Å²) in [6, 6.07) is 12.4. The lowest BCUT2D eigenvalue weighted by Gasteiger charge is -2.22. The maximum Gasteiger partial charge on any atom is 0.316 e. The SMILES string of the molecule is COc1ncc(-c2cc3cc(-c4ccccn4)cnc3n2C(C)(C)C#N)cn1. The molecule has 0 atom stereocenters. The Morgan fingerprint density at radius 2 is 1.75 bits per heavy atom. The molecule has 0 amide bonds. The number of nitrogens with zero attached hydrogens (tertiary/aromatic N) is 6. The molecule has 0 fully saturated rings. The molecule has 4 aromatic heterocycles. The molecular formula is C21H18N6O. The Bertz CT molecular complexity index is 1170. The molecule has 28 heavy (non-hydrogen) atoms. The van der Waals surface area contributed by atoms with Crippen LogP contribution in [-0.2, 0) is 5.54 Å². The van der Waals surface area contributed by atoms with Gasteiger partial charge in [0.15, 0.2) is 0 Å². The van der Waals surface area contributed by atoms with Gasteiger partial charge in [-0.1, -0.05) is 6.07 Å². The van der Waals surface area contributed by atoms with Crippen molar-refractivity contribution < 1.29 is 4.74 Å². The summed E-state index contributed by atoms with van der Waals surface area (Å²) in [5.74, 6) is 0. The van der Waals surface area contributed by atoms with Gasteiger partial charge in [0.2, 0.25) is 0 Å². The minimum absolute atomic E-state index is 0.293. The Labute approximate surface area is 162 Å². The van der Waals surface area contributed by atoms with Crippen molar-refractivity contribution in [2.45, 2.75) is 19.4 Å². The van der Waals surface area contributed by atoms with Crippen molar-refractivity contribution in [3.8, 4) is 34.6 Å². The summed E-state index contributed by atoms with van der Waals surface area (Å²) in [6.07, 6.45) is 6.90. The molecule has 0 aliphatic rings. The Morgan fingerprint density at radius 1 is 1.00 bits per heavy atom. The van der Waals surface area contributed by atoms with Crippen molar-refractivity contribution >= 4 is 11.0 Å². The van der Waals surface area contributed by atoms with E-state index in [1.165, 1.54) is 7.11 Å². The van der Waals surface area contributed by atoms with Gasteiger partial charge in [0, 0.05) is 41.3 Å². The van der Waals surface area contributed by atoms with Crippen LogP contribution in [0.2, 0.25) is 0 Å². The van der Waals surface area contributed by atoms with Gasteiger partial charge < -0.3 is 9.30 Å². The second-order valence-corrected chi connectivity index (χ2v) is 6.85. The van der Waals surface area contributed by atoms with E-state index in [1.54, 1.807) is 24.8 Å². The van der Waals surface area contributed by atoms with Gasteiger partial charge in [0.05, 0.1) is 24.6 Å². The Hall–Kier alpha value is -3.79. The number of hydrogen-bond donors (Lipinski definition) is 0. The third kappa shape index (κ3) is 2.95. The molecule has 0 bridgehead atoms. The fraction of sp³-hybridized carbons (Fsp3) is 0.190.